The summed E-state index contributed by atoms with van der Waals surface area (Å²) in [5, 5.41) is 3.76. The summed E-state index contributed by atoms with van der Waals surface area (Å²) < 4.78 is 0. The van der Waals surface area contributed by atoms with Gasteiger partial charge in [0.2, 0.25) is 0 Å². The van der Waals surface area contributed by atoms with Crippen molar-refractivity contribution in [2.75, 3.05) is 37.6 Å². The van der Waals surface area contributed by atoms with E-state index in [0.29, 0.717) is 6.04 Å². The van der Waals surface area contributed by atoms with Gasteiger partial charge in [-0.3, -0.25) is 4.90 Å². The van der Waals surface area contributed by atoms with E-state index in [2.05, 4.69) is 39.4 Å². The second-order valence-corrected chi connectivity index (χ2v) is 6.22. The van der Waals surface area contributed by atoms with Crippen molar-refractivity contribution in [3.05, 3.63) is 29.8 Å². The zero-order valence-electron chi connectivity index (χ0n) is 11.5. The van der Waals surface area contributed by atoms with Crippen LogP contribution in [0.3, 0.4) is 0 Å². The molecule has 2 atom stereocenters. The normalized spacial score (nSPS) is 30.4. The fourth-order valence-corrected chi connectivity index (χ4v) is 4.00. The van der Waals surface area contributed by atoms with Crippen LogP contribution in [0.25, 0.3) is 0 Å². The van der Waals surface area contributed by atoms with Crippen LogP contribution >= 0.6 is 0 Å². The number of nitrogens with one attached hydrogen (secondary N) is 1. The molecule has 1 aromatic rings. The number of nitrogens with zero attached hydrogens (tertiary/aromatic N) is 2. The highest BCUT2D eigenvalue weighted by Gasteiger charge is 2.32. The predicted octanol–water partition coefficient (Wildman–Crippen LogP) is 1.49. The van der Waals surface area contributed by atoms with Crippen molar-refractivity contribution in [3.8, 4) is 0 Å². The van der Waals surface area contributed by atoms with Crippen molar-refractivity contribution in [1.82, 2.24) is 10.2 Å². The zero-order valence-corrected chi connectivity index (χ0v) is 11.5. The van der Waals surface area contributed by atoms with E-state index in [9.17, 15) is 0 Å². The summed E-state index contributed by atoms with van der Waals surface area (Å²) in [5.74, 6) is 0. The fraction of sp³-hybridized carbons (Fsp3) is 0.625. The lowest BCUT2D eigenvalue weighted by Gasteiger charge is -2.38. The van der Waals surface area contributed by atoms with Crippen molar-refractivity contribution in [1.29, 1.82) is 0 Å². The first-order chi connectivity index (χ1) is 9.40. The van der Waals surface area contributed by atoms with E-state index >= 15 is 0 Å². The molecule has 0 saturated carbocycles. The second-order valence-electron chi connectivity index (χ2n) is 6.22. The number of benzene rings is 1. The number of piperazine rings is 1. The maximum Gasteiger partial charge on any atom is 0.0400 e. The van der Waals surface area contributed by atoms with Crippen molar-refractivity contribution < 1.29 is 0 Å². The van der Waals surface area contributed by atoms with Crippen LogP contribution in [0.15, 0.2) is 24.3 Å². The summed E-state index contributed by atoms with van der Waals surface area (Å²) in [6.45, 7) is 6.12. The third-order valence-electron chi connectivity index (χ3n) is 5.02. The summed E-state index contributed by atoms with van der Waals surface area (Å²) in [5.41, 5.74) is 2.99. The minimum absolute atomic E-state index is 0.639. The molecule has 1 N–H and O–H groups in total. The van der Waals surface area contributed by atoms with Crippen LogP contribution in [0.1, 0.15) is 18.4 Å². The van der Waals surface area contributed by atoms with Crippen LogP contribution in [0.4, 0.5) is 5.69 Å². The van der Waals surface area contributed by atoms with Crippen LogP contribution in [-0.2, 0) is 6.42 Å². The molecule has 3 aliphatic heterocycles. The average Bonchev–Trinajstić information content (AvgIpc) is 3.06. The lowest BCUT2D eigenvalue weighted by Crippen LogP contribution is -2.57. The molecule has 3 heterocycles. The van der Waals surface area contributed by atoms with Gasteiger partial charge in [-0.05, 0) is 37.4 Å². The molecular weight excluding hydrogens is 234 g/mol. The Morgan fingerprint density at radius 1 is 1.21 bits per heavy atom. The number of hydrogen-bond donors (Lipinski definition) is 1. The maximum atomic E-state index is 3.76. The summed E-state index contributed by atoms with van der Waals surface area (Å²) in [6, 6.07) is 10.4. The SMILES string of the molecule is c1ccc2c(c1)CCN2CC1CN2CCC[C@@H]2CN1. The highest BCUT2D eigenvalue weighted by atomic mass is 15.3. The van der Waals surface area contributed by atoms with Gasteiger partial charge >= 0.3 is 0 Å². The molecule has 0 bridgehead atoms. The third-order valence-corrected chi connectivity index (χ3v) is 5.02. The van der Waals surface area contributed by atoms with Gasteiger partial charge in [0.15, 0.2) is 0 Å². The standard InChI is InChI=1S/C16H23N3/c1-2-6-16-13(4-1)7-9-19(16)12-14-11-18-8-3-5-15(18)10-17-14/h1-2,4,6,14-15,17H,3,5,7-12H2/t14?,15-/m1/s1. The van der Waals surface area contributed by atoms with Crippen molar-refractivity contribution in [3.63, 3.8) is 0 Å². The van der Waals surface area contributed by atoms with Gasteiger partial charge in [0.25, 0.3) is 0 Å². The van der Waals surface area contributed by atoms with Gasteiger partial charge in [0.1, 0.15) is 0 Å². The van der Waals surface area contributed by atoms with E-state index in [0.717, 1.165) is 6.04 Å². The fourth-order valence-electron chi connectivity index (χ4n) is 4.00. The van der Waals surface area contributed by atoms with Crippen molar-refractivity contribution in [2.45, 2.75) is 31.3 Å². The lowest BCUT2D eigenvalue weighted by atomic mass is 10.1. The highest BCUT2D eigenvalue weighted by molar-refractivity contribution is 5.57. The van der Waals surface area contributed by atoms with Gasteiger partial charge in [0, 0.05) is 44.0 Å². The summed E-state index contributed by atoms with van der Waals surface area (Å²) in [4.78, 5) is 5.27. The Kier molecular flexibility index (Phi) is 2.97. The predicted molar refractivity (Wildman–Crippen MR) is 78.7 cm³/mol. The summed E-state index contributed by atoms with van der Waals surface area (Å²) in [7, 11) is 0. The molecule has 0 amide bonds. The van der Waals surface area contributed by atoms with Crippen LogP contribution in [0, 0.1) is 0 Å². The Hall–Kier alpha value is -1.06. The van der Waals surface area contributed by atoms with Gasteiger partial charge in [-0.1, -0.05) is 18.2 Å². The first-order valence-electron chi connectivity index (χ1n) is 7.70. The quantitative estimate of drug-likeness (QED) is 0.866. The molecule has 19 heavy (non-hydrogen) atoms. The Morgan fingerprint density at radius 2 is 2.16 bits per heavy atom. The van der Waals surface area contributed by atoms with E-state index in [1.165, 1.54) is 63.2 Å². The molecular formula is C16H23N3. The Morgan fingerprint density at radius 3 is 3.16 bits per heavy atom. The number of rotatable bonds is 2. The number of fused-ring (bicyclic) bond motifs is 2. The van der Waals surface area contributed by atoms with E-state index < -0.39 is 0 Å². The van der Waals surface area contributed by atoms with E-state index in [1.54, 1.807) is 0 Å². The molecule has 3 heteroatoms. The molecule has 2 saturated heterocycles. The second kappa shape index (κ2) is 4.80. The first kappa shape index (κ1) is 11.7. The molecule has 3 nitrogen and oxygen atoms in total. The molecule has 4 rings (SSSR count). The van der Waals surface area contributed by atoms with Gasteiger partial charge in [-0.15, -0.1) is 0 Å². The molecule has 0 aromatic heterocycles. The van der Waals surface area contributed by atoms with E-state index in [4.69, 9.17) is 0 Å². The van der Waals surface area contributed by atoms with Gasteiger partial charge in [-0.2, -0.15) is 0 Å². The molecule has 2 fully saturated rings. The van der Waals surface area contributed by atoms with Crippen molar-refractivity contribution in [2.24, 2.45) is 0 Å². The zero-order chi connectivity index (χ0) is 12.7. The Balaban J connectivity index is 1.43. The molecule has 0 spiro atoms. The smallest absolute Gasteiger partial charge is 0.0400 e. The lowest BCUT2D eigenvalue weighted by molar-refractivity contribution is 0.175. The molecule has 0 radical (unpaired) electrons. The highest BCUT2D eigenvalue weighted by Crippen LogP contribution is 2.28. The number of anilines is 1. The molecule has 1 aromatic carbocycles. The van der Waals surface area contributed by atoms with Gasteiger partial charge < -0.3 is 10.2 Å². The molecule has 3 aliphatic rings. The average molecular weight is 257 g/mol. The number of hydrogen-bond acceptors (Lipinski definition) is 3. The number of para-hydroxylation sites is 1. The van der Waals surface area contributed by atoms with Crippen LogP contribution in [0.5, 0.6) is 0 Å². The molecule has 1 unspecified atom stereocenters. The Labute approximate surface area is 115 Å². The van der Waals surface area contributed by atoms with Crippen LogP contribution < -0.4 is 10.2 Å². The summed E-state index contributed by atoms with van der Waals surface area (Å²) in [6.07, 6.45) is 4.01. The first-order valence-corrected chi connectivity index (χ1v) is 7.70. The molecule has 0 aliphatic carbocycles. The van der Waals surface area contributed by atoms with Crippen LogP contribution in [0.2, 0.25) is 0 Å². The van der Waals surface area contributed by atoms with E-state index in [1.807, 2.05) is 0 Å². The van der Waals surface area contributed by atoms with Gasteiger partial charge in [0.05, 0.1) is 0 Å². The molecule has 102 valence electrons. The van der Waals surface area contributed by atoms with Crippen LogP contribution in [-0.4, -0.2) is 49.7 Å². The minimum Gasteiger partial charge on any atom is -0.369 e. The summed E-state index contributed by atoms with van der Waals surface area (Å²) >= 11 is 0. The van der Waals surface area contributed by atoms with Gasteiger partial charge in [-0.25, -0.2) is 0 Å². The van der Waals surface area contributed by atoms with E-state index in [-0.39, 0.29) is 0 Å². The minimum atomic E-state index is 0.639. The largest absolute Gasteiger partial charge is 0.369 e. The maximum absolute atomic E-state index is 3.76. The third kappa shape index (κ3) is 2.15. The topological polar surface area (TPSA) is 18.5 Å². The Bertz CT molecular complexity index is 459. The van der Waals surface area contributed by atoms with Crippen molar-refractivity contribution >= 4 is 5.69 Å². The monoisotopic (exact) mass is 257 g/mol.